The lowest BCUT2D eigenvalue weighted by Crippen LogP contribution is -2.43. The highest BCUT2D eigenvalue weighted by molar-refractivity contribution is 7.99. The number of nitrogens with zero attached hydrogens (tertiary/aromatic N) is 4. The molecule has 0 aliphatic carbocycles. The molecular weight excluding hydrogens is 496 g/mol. The zero-order chi connectivity index (χ0) is 26.2. The summed E-state index contributed by atoms with van der Waals surface area (Å²) in [4.78, 5) is 34.0. The normalized spacial score (nSPS) is 18.3. The third kappa shape index (κ3) is 5.13. The molecule has 3 heterocycles. The van der Waals surface area contributed by atoms with Crippen LogP contribution in [-0.4, -0.2) is 59.7 Å². The number of carbonyl (C=O) groups excluding carboxylic acids is 2. The van der Waals surface area contributed by atoms with E-state index < -0.39 is 43.3 Å². The van der Waals surface area contributed by atoms with Crippen molar-refractivity contribution in [2.75, 3.05) is 30.9 Å². The van der Waals surface area contributed by atoms with Crippen LogP contribution in [0.5, 0.6) is 0 Å². The van der Waals surface area contributed by atoms with Gasteiger partial charge in [0.2, 0.25) is 5.91 Å². The first-order valence-corrected chi connectivity index (χ1v) is 12.6. The van der Waals surface area contributed by atoms with E-state index in [2.05, 4.69) is 40.4 Å². The van der Waals surface area contributed by atoms with Crippen molar-refractivity contribution in [3.63, 3.8) is 0 Å². The molecule has 7 nitrogen and oxygen atoms in total. The Morgan fingerprint density at radius 1 is 1.22 bits per heavy atom. The number of halogens is 2. The van der Waals surface area contributed by atoms with Gasteiger partial charge in [0.05, 0.1) is 41.8 Å². The van der Waals surface area contributed by atoms with Crippen molar-refractivity contribution in [3.8, 4) is 6.07 Å². The molecule has 37 heavy (non-hydrogen) atoms. The zero-order valence-electron chi connectivity index (χ0n) is 19.9. The van der Waals surface area contributed by atoms with Crippen LogP contribution in [0, 0.1) is 11.3 Å². The van der Waals surface area contributed by atoms with Gasteiger partial charge < -0.3 is 15.1 Å². The Kier molecular flexibility index (Phi) is 6.56. The van der Waals surface area contributed by atoms with Gasteiger partial charge in [-0.15, -0.1) is 11.8 Å². The first-order chi connectivity index (χ1) is 17.7. The molecule has 0 saturated carbocycles. The first kappa shape index (κ1) is 24.7. The molecule has 3 aromatic rings. The number of carbonyl (C=O) groups is 2. The van der Waals surface area contributed by atoms with Gasteiger partial charge in [-0.3, -0.25) is 14.6 Å². The number of thioether (sulfide) groups is 1. The number of hydrogen-bond donors (Lipinski definition) is 1. The number of rotatable bonds is 5. The molecular formula is C27H23F2N5O2S. The maximum atomic E-state index is 13.7. The van der Waals surface area contributed by atoms with Crippen molar-refractivity contribution in [3.05, 3.63) is 65.4 Å². The maximum Gasteiger partial charge on any atom is 0.268 e. The lowest BCUT2D eigenvalue weighted by molar-refractivity contribution is -0.131. The monoisotopic (exact) mass is 519 g/mol. The lowest BCUT2D eigenvalue weighted by Gasteiger charge is -2.19. The average molecular weight is 520 g/mol. The topological polar surface area (TPSA) is 89.3 Å². The summed E-state index contributed by atoms with van der Waals surface area (Å²) in [5.41, 5.74) is 4.07. The number of amides is 2. The summed E-state index contributed by atoms with van der Waals surface area (Å²) in [6.45, 7) is -1.31. The molecule has 2 aliphatic rings. The van der Waals surface area contributed by atoms with Crippen LogP contribution in [0.25, 0.3) is 23.1 Å². The zero-order valence-corrected chi connectivity index (χ0v) is 20.8. The number of pyridine rings is 1. The minimum atomic E-state index is -3.11. The number of fused-ring (bicyclic) bond motifs is 2. The Morgan fingerprint density at radius 2 is 1.97 bits per heavy atom. The summed E-state index contributed by atoms with van der Waals surface area (Å²) in [6.07, 6.45) is 4.77. The van der Waals surface area contributed by atoms with Crippen LogP contribution in [-0.2, 0) is 4.79 Å². The van der Waals surface area contributed by atoms with E-state index in [1.54, 1.807) is 23.9 Å². The number of benzene rings is 2. The van der Waals surface area contributed by atoms with Crippen LogP contribution in [0.15, 0.2) is 53.6 Å². The fourth-order valence-electron chi connectivity index (χ4n) is 4.51. The Morgan fingerprint density at radius 3 is 2.76 bits per heavy atom. The van der Waals surface area contributed by atoms with E-state index in [9.17, 15) is 18.4 Å². The van der Waals surface area contributed by atoms with E-state index in [0.717, 1.165) is 21.9 Å². The number of nitrogens with one attached hydrogen (secondary N) is 1. The molecule has 10 heteroatoms. The molecule has 1 aromatic heterocycles. The fraction of sp³-hybridized carbons (Fsp3) is 0.259. The molecule has 5 rings (SSSR count). The van der Waals surface area contributed by atoms with E-state index in [1.165, 1.54) is 16.8 Å². The van der Waals surface area contributed by atoms with Crippen molar-refractivity contribution in [2.24, 2.45) is 0 Å². The molecule has 188 valence electrons. The highest BCUT2D eigenvalue weighted by Crippen LogP contribution is 2.38. The Bertz CT molecular complexity index is 1470. The van der Waals surface area contributed by atoms with Crippen LogP contribution in [0.4, 0.5) is 14.5 Å². The summed E-state index contributed by atoms with van der Waals surface area (Å²) in [5.74, 6) is -3.43. The maximum absolute atomic E-state index is 13.7. The van der Waals surface area contributed by atoms with Crippen molar-refractivity contribution in [1.29, 1.82) is 5.26 Å². The van der Waals surface area contributed by atoms with Gasteiger partial charge in [-0.25, -0.2) is 8.78 Å². The van der Waals surface area contributed by atoms with Gasteiger partial charge in [0.25, 0.3) is 11.8 Å². The molecule has 1 atom stereocenters. The number of nitriles is 1. The number of hydrogen-bond acceptors (Lipinski definition) is 6. The number of anilines is 1. The summed E-state index contributed by atoms with van der Waals surface area (Å²) < 4.78 is 27.3. The molecule has 2 aromatic carbocycles. The van der Waals surface area contributed by atoms with E-state index in [1.807, 2.05) is 30.4 Å². The minimum absolute atomic E-state index is 0.314. The number of likely N-dealkylation sites (tertiary alicyclic amines) is 1. The van der Waals surface area contributed by atoms with Gasteiger partial charge in [-0.2, -0.15) is 5.26 Å². The molecule has 0 spiro atoms. The molecule has 0 radical (unpaired) electrons. The van der Waals surface area contributed by atoms with Gasteiger partial charge in [-0.05, 0) is 41.5 Å². The van der Waals surface area contributed by atoms with Crippen molar-refractivity contribution in [2.45, 2.75) is 23.3 Å². The minimum Gasteiger partial charge on any atom is -0.364 e. The summed E-state index contributed by atoms with van der Waals surface area (Å²) in [6, 6.07) is 13.9. The molecule has 1 N–H and O–H groups in total. The standard InChI is InChI=1S/C27H23F2N5O2S/c1-33-16-37-24-11-18(5-7-23(24)33)3-2-17-4-6-22-21(10-17)20(8-9-31-22)26(36)32-14-25(35)34-15-27(28,29)12-19(34)13-30/h2-11,19H,12,14-16H2,1H3,(H,32,36)/b3-2+/t19-/m0/s1. The molecule has 1 saturated heterocycles. The van der Waals surface area contributed by atoms with Crippen molar-refractivity contribution in [1.82, 2.24) is 15.2 Å². The van der Waals surface area contributed by atoms with E-state index in [-0.39, 0.29) is 0 Å². The molecule has 0 unspecified atom stereocenters. The van der Waals surface area contributed by atoms with Crippen molar-refractivity contribution < 1.29 is 18.4 Å². The van der Waals surface area contributed by atoms with Gasteiger partial charge in [0.1, 0.15) is 6.04 Å². The third-order valence-electron chi connectivity index (χ3n) is 6.43. The van der Waals surface area contributed by atoms with Gasteiger partial charge >= 0.3 is 0 Å². The Balaban J connectivity index is 1.31. The second kappa shape index (κ2) is 9.82. The Labute approximate surface area is 216 Å². The lowest BCUT2D eigenvalue weighted by atomic mass is 10.0. The predicted molar refractivity (Wildman–Crippen MR) is 139 cm³/mol. The van der Waals surface area contributed by atoms with E-state index in [4.69, 9.17) is 5.26 Å². The molecule has 1 fully saturated rings. The van der Waals surface area contributed by atoms with Crippen LogP contribution >= 0.6 is 11.8 Å². The number of alkyl halides is 2. The van der Waals surface area contributed by atoms with Crippen LogP contribution in [0.2, 0.25) is 0 Å². The van der Waals surface area contributed by atoms with Crippen LogP contribution in [0.3, 0.4) is 0 Å². The average Bonchev–Trinajstić information content (AvgIpc) is 3.43. The molecule has 0 bridgehead atoms. The largest absolute Gasteiger partial charge is 0.364 e. The second-order valence-electron chi connectivity index (χ2n) is 9.08. The fourth-order valence-corrected chi connectivity index (χ4v) is 5.57. The SMILES string of the molecule is CN1CSc2cc(/C=C/c3ccc4nccc(C(=O)NCC(=O)N5CC(F)(F)C[C@H]5C#N)c4c3)ccc21. The number of aromatic nitrogens is 1. The highest BCUT2D eigenvalue weighted by Gasteiger charge is 2.47. The smallest absolute Gasteiger partial charge is 0.268 e. The Hall–Kier alpha value is -3.97. The van der Waals surface area contributed by atoms with E-state index in [0.29, 0.717) is 16.5 Å². The van der Waals surface area contributed by atoms with Crippen molar-refractivity contribution >= 4 is 52.3 Å². The van der Waals surface area contributed by atoms with Crippen LogP contribution in [0.1, 0.15) is 27.9 Å². The summed E-state index contributed by atoms with van der Waals surface area (Å²) in [7, 11) is 2.06. The van der Waals surface area contributed by atoms with Gasteiger partial charge in [0, 0.05) is 29.9 Å². The van der Waals surface area contributed by atoms with E-state index >= 15 is 0 Å². The van der Waals surface area contributed by atoms with Gasteiger partial charge in [-0.1, -0.05) is 24.3 Å². The quantitative estimate of drug-likeness (QED) is 0.503. The predicted octanol–water partition coefficient (Wildman–Crippen LogP) is 4.39. The molecule has 2 aliphatic heterocycles. The molecule has 2 amide bonds. The van der Waals surface area contributed by atoms with Gasteiger partial charge in [0.15, 0.2) is 0 Å². The summed E-state index contributed by atoms with van der Waals surface area (Å²) in [5, 5.41) is 12.2. The first-order valence-electron chi connectivity index (χ1n) is 11.6. The van der Waals surface area contributed by atoms with Crippen LogP contribution < -0.4 is 10.2 Å². The summed E-state index contributed by atoms with van der Waals surface area (Å²) >= 11 is 1.79. The highest BCUT2D eigenvalue weighted by atomic mass is 32.2. The second-order valence-corrected chi connectivity index (χ2v) is 10.1. The third-order valence-corrected chi connectivity index (χ3v) is 7.58.